The van der Waals surface area contributed by atoms with Gasteiger partial charge in [-0.15, -0.1) is 0 Å². The summed E-state index contributed by atoms with van der Waals surface area (Å²) in [6.07, 6.45) is 4.92. The molecule has 21 heavy (non-hydrogen) atoms. The molecule has 1 aromatic carbocycles. The molecule has 1 aliphatic heterocycles. The van der Waals surface area contributed by atoms with E-state index < -0.39 is 0 Å². The molecule has 1 fully saturated rings. The zero-order chi connectivity index (χ0) is 14.5. The van der Waals surface area contributed by atoms with E-state index in [4.69, 9.17) is 4.42 Å². The summed E-state index contributed by atoms with van der Waals surface area (Å²) in [7, 11) is 0. The molecule has 1 aromatic heterocycles. The Bertz CT molecular complexity index is 569. The standard InChI is InChI=1S/C17H20N2O2/c20-17(16-4-3-13-21-16)18-10-9-14-5-7-15(8-6-14)19-11-1-2-12-19/h3-8,13H,1-2,9-12H2,(H,18,20). The number of carbonyl (C=O) groups excluding carboxylic acids is 1. The molecule has 4 nitrogen and oxygen atoms in total. The summed E-state index contributed by atoms with van der Waals surface area (Å²) in [5.74, 6) is 0.202. The van der Waals surface area contributed by atoms with E-state index in [-0.39, 0.29) is 5.91 Å². The van der Waals surface area contributed by atoms with Crippen LogP contribution in [0, 0.1) is 0 Å². The Morgan fingerprint density at radius 1 is 1.14 bits per heavy atom. The largest absolute Gasteiger partial charge is 0.459 e. The van der Waals surface area contributed by atoms with Crippen LogP contribution in [0.15, 0.2) is 47.1 Å². The number of furan rings is 1. The number of anilines is 1. The molecule has 1 saturated heterocycles. The molecule has 2 aromatic rings. The van der Waals surface area contributed by atoms with Crippen molar-refractivity contribution >= 4 is 11.6 Å². The Hall–Kier alpha value is -2.23. The first-order valence-electron chi connectivity index (χ1n) is 7.48. The number of rotatable bonds is 5. The monoisotopic (exact) mass is 284 g/mol. The molecule has 0 aliphatic carbocycles. The smallest absolute Gasteiger partial charge is 0.286 e. The minimum absolute atomic E-state index is 0.159. The third kappa shape index (κ3) is 3.45. The van der Waals surface area contributed by atoms with Crippen molar-refractivity contribution in [1.29, 1.82) is 0 Å². The first-order chi connectivity index (χ1) is 10.3. The van der Waals surface area contributed by atoms with Crippen LogP contribution in [0.25, 0.3) is 0 Å². The third-order valence-corrected chi connectivity index (χ3v) is 3.85. The zero-order valence-electron chi connectivity index (χ0n) is 12.0. The number of hydrogen-bond acceptors (Lipinski definition) is 3. The highest BCUT2D eigenvalue weighted by Crippen LogP contribution is 2.20. The summed E-state index contributed by atoms with van der Waals surface area (Å²) in [5.41, 5.74) is 2.54. The van der Waals surface area contributed by atoms with E-state index >= 15 is 0 Å². The maximum absolute atomic E-state index is 11.7. The van der Waals surface area contributed by atoms with Gasteiger partial charge in [0.25, 0.3) is 5.91 Å². The molecule has 2 heterocycles. The lowest BCUT2D eigenvalue weighted by atomic mass is 10.1. The molecule has 0 radical (unpaired) electrons. The highest BCUT2D eigenvalue weighted by Gasteiger charge is 2.12. The highest BCUT2D eigenvalue weighted by molar-refractivity contribution is 5.91. The predicted molar refractivity (Wildman–Crippen MR) is 82.6 cm³/mol. The summed E-state index contributed by atoms with van der Waals surface area (Å²) in [6, 6.07) is 12.0. The summed E-state index contributed by atoms with van der Waals surface area (Å²) in [4.78, 5) is 14.1. The first kappa shape index (κ1) is 13.7. The van der Waals surface area contributed by atoms with Gasteiger partial charge in [-0.2, -0.15) is 0 Å². The van der Waals surface area contributed by atoms with E-state index in [9.17, 15) is 4.79 Å². The van der Waals surface area contributed by atoms with E-state index in [1.54, 1.807) is 12.1 Å². The van der Waals surface area contributed by atoms with Crippen LogP contribution >= 0.6 is 0 Å². The number of nitrogens with one attached hydrogen (secondary N) is 1. The van der Waals surface area contributed by atoms with Gasteiger partial charge in [-0.05, 0) is 49.1 Å². The van der Waals surface area contributed by atoms with Crippen LogP contribution in [-0.4, -0.2) is 25.5 Å². The minimum atomic E-state index is -0.159. The van der Waals surface area contributed by atoms with Crippen LogP contribution in [0.1, 0.15) is 29.0 Å². The molecule has 0 atom stereocenters. The quantitative estimate of drug-likeness (QED) is 0.918. The number of amides is 1. The van der Waals surface area contributed by atoms with Crippen LogP contribution in [0.5, 0.6) is 0 Å². The van der Waals surface area contributed by atoms with Gasteiger partial charge in [-0.25, -0.2) is 0 Å². The van der Waals surface area contributed by atoms with Crippen molar-refractivity contribution in [1.82, 2.24) is 5.32 Å². The molecule has 0 saturated carbocycles. The molecule has 1 amide bonds. The fourth-order valence-corrected chi connectivity index (χ4v) is 2.66. The number of nitrogens with zero attached hydrogens (tertiary/aromatic N) is 1. The van der Waals surface area contributed by atoms with Crippen molar-refractivity contribution < 1.29 is 9.21 Å². The molecule has 0 unspecified atom stereocenters. The van der Waals surface area contributed by atoms with Crippen LogP contribution < -0.4 is 10.2 Å². The van der Waals surface area contributed by atoms with Crippen molar-refractivity contribution in [3.05, 3.63) is 54.0 Å². The third-order valence-electron chi connectivity index (χ3n) is 3.85. The molecular weight excluding hydrogens is 264 g/mol. The molecule has 110 valence electrons. The number of carbonyl (C=O) groups is 1. The molecule has 0 spiro atoms. The summed E-state index contributed by atoms with van der Waals surface area (Å²) in [5, 5.41) is 2.86. The van der Waals surface area contributed by atoms with Crippen LogP contribution in [0.2, 0.25) is 0 Å². The van der Waals surface area contributed by atoms with Gasteiger partial charge in [0, 0.05) is 25.3 Å². The van der Waals surface area contributed by atoms with Crippen LogP contribution in [0.4, 0.5) is 5.69 Å². The van der Waals surface area contributed by atoms with E-state index in [2.05, 4.69) is 34.5 Å². The highest BCUT2D eigenvalue weighted by atomic mass is 16.3. The van der Waals surface area contributed by atoms with Gasteiger partial charge >= 0.3 is 0 Å². The lowest BCUT2D eigenvalue weighted by Crippen LogP contribution is -2.25. The Labute approximate surface area is 124 Å². The Kier molecular flexibility index (Phi) is 4.24. The molecule has 4 heteroatoms. The molecule has 1 aliphatic rings. The molecular formula is C17H20N2O2. The van der Waals surface area contributed by atoms with Gasteiger partial charge in [0.15, 0.2) is 5.76 Å². The number of benzene rings is 1. The molecule has 1 N–H and O–H groups in total. The SMILES string of the molecule is O=C(NCCc1ccc(N2CCCC2)cc1)c1ccco1. The van der Waals surface area contributed by atoms with E-state index in [1.165, 1.54) is 43.4 Å². The zero-order valence-corrected chi connectivity index (χ0v) is 12.0. The van der Waals surface area contributed by atoms with Gasteiger partial charge in [0.05, 0.1) is 6.26 Å². The van der Waals surface area contributed by atoms with Crippen molar-refractivity contribution in [2.45, 2.75) is 19.3 Å². The normalized spacial score (nSPS) is 14.4. The average molecular weight is 284 g/mol. The molecule has 3 rings (SSSR count). The summed E-state index contributed by atoms with van der Waals surface area (Å²) < 4.78 is 5.05. The van der Waals surface area contributed by atoms with Crippen molar-refractivity contribution in [2.24, 2.45) is 0 Å². The summed E-state index contributed by atoms with van der Waals surface area (Å²) in [6.45, 7) is 2.94. The van der Waals surface area contributed by atoms with Crippen molar-refractivity contribution in [2.75, 3.05) is 24.5 Å². The van der Waals surface area contributed by atoms with Crippen LogP contribution in [0.3, 0.4) is 0 Å². The van der Waals surface area contributed by atoms with Gasteiger partial charge in [0.1, 0.15) is 0 Å². The number of hydrogen-bond donors (Lipinski definition) is 1. The lowest BCUT2D eigenvalue weighted by molar-refractivity contribution is 0.0926. The Balaban J connectivity index is 1.48. The van der Waals surface area contributed by atoms with E-state index in [1.807, 2.05) is 0 Å². The maximum Gasteiger partial charge on any atom is 0.286 e. The minimum Gasteiger partial charge on any atom is -0.459 e. The Morgan fingerprint density at radius 2 is 1.90 bits per heavy atom. The van der Waals surface area contributed by atoms with Gasteiger partial charge < -0.3 is 14.6 Å². The maximum atomic E-state index is 11.7. The molecule has 0 bridgehead atoms. The van der Waals surface area contributed by atoms with Gasteiger partial charge in [0.2, 0.25) is 0 Å². The van der Waals surface area contributed by atoms with Gasteiger partial charge in [-0.3, -0.25) is 4.79 Å². The topological polar surface area (TPSA) is 45.5 Å². The fraction of sp³-hybridized carbons (Fsp3) is 0.353. The van der Waals surface area contributed by atoms with Crippen LogP contribution in [-0.2, 0) is 6.42 Å². The van der Waals surface area contributed by atoms with E-state index in [0.29, 0.717) is 12.3 Å². The lowest BCUT2D eigenvalue weighted by Gasteiger charge is -2.17. The second-order valence-corrected chi connectivity index (χ2v) is 5.34. The average Bonchev–Trinajstić information content (AvgIpc) is 3.21. The van der Waals surface area contributed by atoms with E-state index in [0.717, 1.165) is 6.42 Å². The second kappa shape index (κ2) is 6.48. The predicted octanol–water partition coefficient (Wildman–Crippen LogP) is 2.85. The Morgan fingerprint density at radius 3 is 2.57 bits per heavy atom. The first-order valence-corrected chi connectivity index (χ1v) is 7.48. The van der Waals surface area contributed by atoms with Crippen molar-refractivity contribution in [3.8, 4) is 0 Å². The van der Waals surface area contributed by atoms with Gasteiger partial charge in [-0.1, -0.05) is 12.1 Å². The summed E-state index contributed by atoms with van der Waals surface area (Å²) >= 11 is 0. The second-order valence-electron chi connectivity index (χ2n) is 5.34. The van der Waals surface area contributed by atoms with Crippen molar-refractivity contribution in [3.63, 3.8) is 0 Å². The fourth-order valence-electron chi connectivity index (χ4n) is 2.66.